The molecule has 0 fully saturated rings. The van der Waals surface area contributed by atoms with Crippen molar-refractivity contribution in [3.05, 3.63) is 47.0 Å². The number of carbonyl (C=O) groups is 2. The van der Waals surface area contributed by atoms with Gasteiger partial charge in [0.2, 0.25) is 0 Å². The van der Waals surface area contributed by atoms with E-state index in [0.29, 0.717) is 24.1 Å². The summed E-state index contributed by atoms with van der Waals surface area (Å²) in [7, 11) is 0. The van der Waals surface area contributed by atoms with Crippen molar-refractivity contribution in [2.75, 3.05) is 6.54 Å². The minimum atomic E-state index is -0.299. The van der Waals surface area contributed by atoms with Crippen molar-refractivity contribution in [3.63, 3.8) is 0 Å². The fourth-order valence-electron chi connectivity index (χ4n) is 3.31. The van der Waals surface area contributed by atoms with Crippen LogP contribution >= 0.6 is 0 Å². The number of nitrogens with one attached hydrogen (secondary N) is 2. The molecule has 1 aromatic carbocycles. The number of carbonyl (C=O) groups excluding carboxylic acids is 2. The topological polar surface area (TPSA) is 88.9 Å². The lowest BCUT2D eigenvalue weighted by molar-refractivity contribution is 0.0915. The predicted octanol–water partition coefficient (Wildman–Crippen LogP) is 2.51. The molecule has 1 aliphatic rings. The zero-order valence-corrected chi connectivity index (χ0v) is 16.9. The quantitative estimate of drug-likeness (QED) is 0.830. The lowest BCUT2D eigenvalue weighted by Gasteiger charge is -2.20. The second kappa shape index (κ2) is 8.54. The van der Waals surface area contributed by atoms with Crippen molar-refractivity contribution in [2.24, 2.45) is 0 Å². The van der Waals surface area contributed by atoms with Crippen LogP contribution in [0.5, 0.6) is 0 Å². The summed E-state index contributed by atoms with van der Waals surface area (Å²) in [5, 5.41) is 14.4. The van der Waals surface area contributed by atoms with Gasteiger partial charge >= 0.3 is 0 Å². The Bertz CT molecular complexity index is 833. The maximum atomic E-state index is 12.4. The third-order valence-electron chi connectivity index (χ3n) is 4.72. The van der Waals surface area contributed by atoms with E-state index in [4.69, 9.17) is 0 Å². The first kappa shape index (κ1) is 20.0. The number of rotatable bonds is 5. The van der Waals surface area contributed by atoms with Gasteiger partial charge < -0.3 is 15.2 Å². The van der Waals surface area contributed by atoms with E-state index in [2.05, 4.69) is 25.4 Å². The largest absolute Gasteiger partial charge is 0.352 e. The Morgan fingerprint density at radius 3 is 2.36 bits per heavy atom. The zero-order valence-electron chi connectivity index (χ0n) is 16.9. The number of benzene rings is 1. The predicted molar refractivity (Wildman–Crippen MR) is 107 cm³/mol. The number of hydrogen-bond acceptors (Lipinski definition) is 4. The van der Waals surface area contributed by atoms with Gasteiger partial charge in [0.25, 0.3) is 11.8 Å². The Kier molecular flexibility index (Phi) is 6.11. The molecule has 2 amide bonds. The van der Waals surface area contributed by atoms with Gasteiger partial charge in [-0.05, 0) is 57.9 Å². The summed E-state index contributed by atoms with van der Waals surface area (Å²) in [6, 6.07) is 6.70. The summed E-state index contributed by atoms with van der Waals surface area (Å²) in [6.45, 7) is 7.26. The monoisotopic (exact) mass is 383 g/mol. The number of aromatic nitrogens is 3. The van der Waals surface area contributed by atoms with Gasteiger partial charge in [0.1, 0.15) is 11.6 Å². The van der Waals surface area contributed by atoms with Crippen LogP contribution in [0.2, 0.25) is 0 Å². The SMILES string of the molecule is CC(C)(C)NC(=O)c1ccc(C(=O)NCCc2nnc3n2CCCCC3)cc1. The number of nitrogens with zero attached hydrogens (tertiary/aromatic N) is 3. The van der Waals surface area contributed by atoms with Gasteiger partial charge in [-0.2, -0.15) is 0 Å². The maximum Gasteiger partial charge on any atom is 0.251 e. The van der Waals surface area contributed by atoms with E-state index in [1.807, 2.05) is 20.8 Å². The average Bonchev–Trinajstić information content (AvgIpc) is 2.87. The summed E-state index contributed by atoms with van der Waals surface area (Å²) < 4.78 is 2.20. The van der Waals surface area contributed by atoms with Crippen LogP contribution in [-0.2, 0) is 19.4 Å². The lowest BCUT2D eigenvalue weighted by Crippen LogP contribution is -2.40. The van der Waals surface area contributed by atoms with Crippen molar-refractivity contribution in [2.45, 2.75) is 65.0 Å². The molecule has 0 aliphatic carbocycles. The molecule has 3 rings (SSSR count). The zero-order chi connectivity index (χ0) is 20.1. The summed E-state index contributed by atoms with van der Waals surface area (Å²) in [5.41, 5.74) is 0.776. The molecular formula is C21H29N5O2. The van der Waals surface area contributed by atoms with E-state index >= 15 is 0 Å². The van der Waals surface area contributed by atoms with Crippen LogP contribution in [0.3, 0.4) is 0 Å². The van der Waals surface area contributed by atoms with Gasteiger partial charge in [-0.3, -0.25) is 9.59 Å². The fourth-order valence-corrected chi connectivity index (χ4v) is 3.31. The van der Waals surface area contributed by atoms with E-state index in [1.54, 1.807) is 24.3 Å². The summed E-state index contributed by atoms with van der Waals surface area (Å²) in [5.74, 6) is 1.69. The van der Waals surface area contributed by atoms with Crippen LogP contribution in [0.25, 0.3) is 0 Å². The number of aryl methyl sites for hydroxylation is 1. The summed E-state index contributed by atoms with van der Waals surface area (Å²) >= 11 is 0. The van der Waals surface area contributed by atoms with E-state index in [-0.39, 0.29) is 17.4 Å². The van der Waals surface area contributed by atoms with E-state index in [0.717, 1.165) is 31.0 Å². The molecule has 0 atom stereocenters. The first-order valence-electron chi connectivity index (χ1n) is 9.95. The second-order valence-electron chi connectivity index (χ2n) is 8.28. The van der Waals surface area contributed by atoms with Crippen molar-refractivity contribution >= 4 is 11.8 Å². The molecule has 0 unspecified atom stereocenters. The normalized spacial score (nSPS) is 14.1. The average molecular weight is 383 g/mol. The van der Waals surface area contributed by atoms with Gasteiger partial charge in [0, 0.05) is 42.6 Å². The number of fused-ring (bicyclic) bond motifs is 1. The molecule has 7 nitrogen and oxygen atoms in total. The highest BCUT2D eigenvalue weighted by atomic mass is 16.2. The van der Waals surface area contributed by atoms with Gasteiger partial charge in [0.05, 0.1) is 0 Å². The van der Waals surface area contributed by atoms with E-state index < -0.39 is 0 Å². The van der Waals surface area contributed by atoms with Crippen LogP contribution in [-0.4, -0.2) is 38.7 Å². The molecule has 7 heteroatoms. The van der Waals surface area contributed by atoms with Crippen LogP contribution in [0.4, 0.5) is 0 Å². The molecule has 2 aromatic rings. The maximum absolute atomic E-state index is 12.4. The molecule has 0 bridgehead atoms. The number of hydrogen-bond donors (Lipinski definition) is 2. The highest BCUT2D eigenvalue weighted by Crippen LogP contribution is 2.14. The molecule has 1 aromatic heterocycles. The first-order valence-corrected chi connectivity index (χ1v) is 9.95. The van der Waals surface area contributed by atoms with Crippen molar-refractivity contribution in [1.82, 2.24) is 25.4 Å². The Morgan fingerprint density at radius 2 is 1.68 bits per heavy atom. The summed E-state index contributed by atoms with van der Waals surface area (Å²) in [4.78, 5) is 24.5. The molecule has 28 heavy (non-hydrogen) atoms. The molecule has 0 saturated carbocycles. The van der Waals surface area contributed by atoms with Crippen LogP contribution in [0.15, 0.2) is 24.3 Å². The highest BCUT2D eigenvalue weighted by molar-refractivity contribution is 5.98. The minimum Gasteiger partial charge on any atom is -0.352 e. The van der Waals surface area contributed by atoms with Gasteiger partial charge in [-0.25, -0.2) is 0 Å². The molecular weight excluding hydrogens is 354 g/mol. The van der Waals surface area contributed by atoms with Crippen LogP contribution in [0.1, 0.15) is 72.4 Å². The van der Waals surface area contributed by atoms with Crippen molar-refractivity contribution < 1.29 is 9.59 Å². The molecule has 0 spiro atoms. The smallest absolute Gasteiger partial charge is 0.251 e. The Hall–Kier alpha value is -2.70. The second-order valence-corrected chi connectivity index (χ2v) is 8.28. The first-order chi connectivity index (χ1) is 13.3. The Labute approximate surface area is 165 Å². The lowest BCUT2D eigenvalue weighted by atomic mass is 10.1. The van der Waals surface area contributed by atoms with E-state index in [9.17, 15) is 9.59 Å². The molecule has 1 aliphatic heterocycles. The van der Waals surface area contributed by atoms with Gasteiger partial charge in [-0.15, -0.1) is 10.2 Å². The summed E-state index contributed by atoms with van der Waals surface area (Å²) in [6.07, 6.45) is 5.18. The highest BCUT2D eigenvalue weighted by Gasteiger charge is 2.17. The molecule has 2 heterocycles. The van der Waals surface area contributed by atoms with Crippen molar-refractivity contribution in [1.29, 1.82) is 0 Å². The van der Waals surface area contributed by atoms with Crippen LogP contribution in [0, 0.1) is 0 Å². The third-order valence-corrected chi connectivity index (χ3v) is 4.72. The van der Waals surface area contributed by atoms with Gasteiger partial charge in [-0.1, -0.05) is 6.42 Å². The standard InChI is InChI=1S/C21H29N5O2/c1-21(2,3)23-20(28)16-10-8-15(9-11-16)19(27)22-13-12-18-25-24-17-7-5-4-6-14-26(17)18/h8-11H,4-7,12-14H2,1-3H3,(H,22,27)(H,23,28). The van der Waals surface area contributed by atoms with Gasteiger partial charge in [0.15, 0.2) is 0 Å². The Balaban J connectivity index is 1.53. The minimum absolute atomic E-state index is 0.146. The molecule has 150 valence electrons. The third kappa shape index (κ3) is 5.18. The fraction of sp³-hybridized carbons (Fsp3) is 0.524. The number of amides is 2. The molecule has 2 N–H and O–H groups in total. The van der Waals surface area contributed by atoms with Crippen molar-refractivity contribution in [3.8, 4) is 0 Å². The molecule has 0 saturated heterocycles. The van der Waals surface area contributed by atoms with Crippen LogP contribution < -0.4 is 10.6 Å². The molecule has 0 radical (unpaired) electrons. The van der Waals surface area contributed by atoms with E-state index in [1.165, 1.54) is 12.8 Å². The Morgan fingerprint density at radius 1 is 1.00 bits per heavy atom.